The van der Waals surface area contributed by atoms with Crippen LogP contribution in [0.2, 0.25) is 0 Å². The third-order valence-electron chi connectivity index (χ3n) is 2.79. The van der Waals surface area contributed by atoms with Crippen LogP contribution in [0.1, 0.15) is 11.1 Å². The second kappa shape index (κ2) is 6.26. The Morgan fingerprint density at radius 3 is 2.31 bits per heavy atom. The summed E-state index contributed by atoms with van der Waals surface area (Å²) in [6.07, 6.45) is 0. The number of hydrogen-bond donors (Lipinski definition) is 0. The van der Waals surface area contributed by atoms with Gasteiger partial charge in [0.15, 0.2) is 0 Å². The molecule has 0 saturated heterocycles. The van der Waals surface area contributed by atoms with Crippen LogP contribution in [-0.4, -0.2) is 39.1 Å². The molecule has 0 radical (unpaired) electrons. The van der Waals surface area contributed by atoms with Crippen LogP contribution in [0, 0.1) is 6.92 Å². The minimum Gasteiger partial charge on any atom is -0.373 e. The van der Waals surface area contributed by atoms with Gasteiger partial charge in [0.2, 0.25) is 0 Å². The standard InChI is InChI=1S/C13H21BrN2/c1-11-9-13(6-5-12(11)10-14)16(4)8-7-15(2)3/h5-6,9H,7-8,10H2,1-4H3. The maximum Gasteiger partial charge on any atom is 0.0366 e. The molecule has 2 nitrogen and oxygen atoms in total. The molecule has 0 atom stereocenters. The minimum atomic E-state index is 0.931. The first-order valence-corrected chi connectivity index (χ1v) is 6.68. The lowest BCUT2D eigenvalue weighted by Gasteiger charge is -2.22. The molecule has 16 heavy (non-hydrogen) atoms. The summed E-state index contributed by atoms with van der Waals surface area (Å²) < 4.78 is 0. The van der Waals surface area contributed by atoms with E-state index in [9.17, 15) is 0 Å². The van der Waals surface area contributed by atoms with Crippen LogP contribution in [0.25, 0.3) is 0 Å². The maximum absolute atomic E-state index is 3.50. The fourth-order valence-electron chi connectivity index (χ4n) is 1.55. The molecule has 0 aliphatic rings. The molecule has 0 saturated carbocycles. The van der Waals surface area contributed by atoms with E-state index in [2.05, 4.69) is 72.0 Å². The summed E-state index contributed by atoms with van der Waals surface area (Å²) in [5.41, 5.74) is 4.01. The lowest BCUT2D eigenvalue weighted by atomic mass is 10.1. The molecule has 1 aromatic carbocycles. The summed E-state index contributed by atoms with van der Waals surface area (Å²) in [5, 5.41) is 0.931. The summed E-state index contributed by atoms with van der Waals surface area (Å²) in [4.78, 5) is 4.50. The number of likely N-dealkylation sites (N-methyl/N-ethyl adjacent to an activating group) is 2. The highest BCUT2D eigenvalue weighted by Gasteiger charge is 2.03. The maximum atomic E-state index is 3.50. The summed E-state index contributed by atoms with van der Waals surface area (Å²) >= 11 is 3.50. The molecular weight excluding hydrogens is 264 g/mol. The molecule has 90 valence electrons. The van der Waals surface area contributed by atoms with E-state index in [1.165, 1.54) is 16.8 Å². The Hall–Kier alpha value is -0.540. The molecular formula is C13H21BrN2. The van der Waals surface area contributed by atoms with Gasteiger partial charge in [0.1, 0.15) is 0 Å². The Morgan fingerprint density at radius 2 is 1.81 bits per heavy atom. The molecule has 1 aromatic rings. The predicted molar refractivity (Wildman–Crippen MR) is 75.6 cm³/mol. The molecule has 0 aliphatic heterocycles. The van der Waals surface area contributed by atoms with E-state index >= 15 is 0 Å². The quantitative estimate of drug-likeness (QED) is 0.768. The fourth-order valence-corrected chi connectivity index (χ4v) is 2.18. The van der Waals surface area contributed by atoms with E-state index in [1.807, 2.05) is 0 Å². The van der Waals surface area contributed by atoms with Crippen LogP contribution < -0.4 is 4.90 Å². The highest BCUT2D eigenvalue weighted by atomic mass is 79.9. The van der Waals surface area contributed by atoms with Crippen molar-refractivity contribution in [2.24, 2.45) is 0 Å². The van der Waals surface area contributed by atoms with Crippen molar-refractivity contribution in [3.05, 3.63) is 29.3 Å². The number of nitrogens with zero attached hydrogens (tertiary/aromatic N) is 2. The second-order valence-electron chi connectivity index (χ2n) is 4.47. The molecule has 0 heterocycles. The van der Waals surface area contributed by atoms with Crippen molar-refractivity contribution in [2.75, 3.05) is 39.1 Å². The highest BCUT2D eigenvalue weighted by Crippen LogP contribution is 2.19. The molecule has 0 aromatic heterocycles. The van der Waals surface area contributed by atoms with E-state index in [0.29, 0.717) is 0 Å². The molecule has 0 aliphatic carbocycles. The van der Waals surface area contributed by atoms with Gasteiger partial charge in [-0.15, -0.1) is 0 Å². The predicted octanol–water partition coefficient (Wildman–Crippen LogP) is 2.89. The van der Waals surface area contributed by atoms with E-state index in [1.54, 1.807) is 0 Å². The molecule has 0 amide bonds. The lowest BCUT2D eigenvalue weighted by molar-refractivity contribution is 0.416. The normalized spacial score (nSPS) is 10.9. The lowest BCUT2D eigenvalue weighted by Crippen LogP contribution is -2.28. The van der Waals surface area contributed by atoms with Gasteiger partial charge < -0.3 is 9.80 Å². The first-order valence-electron chi connectivity index (χ1n) is 5.56. The Morgan fingerprint density at radius 1 is 1.12 bits per heavy atom. The van der Waals surface area contributed by atoms with Gasteiger partial charge in [-0.2, -0.15) is 0 Å². The van der Waals surface area contributed by atoms with Gasteiger partial charge in [0.05, 0.1) is 0 Å². The minimum absolute atomic E-state index is 0.931. The molecule has 0 unspecified atom stereocenters. The van der Waals surface area contributed by atoms with E-state index in [4.69, 9.17) is 0 Å². The van der Waals surface area contributed by atoms with Gasteiger partial charge >= 0.3 is 0 Å². The largest absolute Gasteiger partial charge is 0.373 e. The van der Waals surface area contributed by atoms with Gasteiger partial charge in [-0.25, -0.2) is 0 Å². The number of anilines is 1. The third kappa shape index (κ3) is 3.80. The Bertz CT molecular complexity index is 337. The van der Waals surface area contributed by atoms with Gasteiger partial charge in [-0.1, -0.05) is 22.0 Å². The van der Waals surface area contributed by atoms with Crippen LogP contribution >= 0.6 is 15.9 Å². The number of alkyl halides is 1. The van der Waals surface area contributed by atoms with Gasteiger partial charge in [0.25, 0.3) is 0 Å². The van der Waals surface area contributed by atoms with Crippen molar-refractivity contribution < 1.29 is 0 Å². The summed E-state index contributed by atoms with van der Waals surface area (Å²) in [7, 11) is 6.35. The average molecular weight is 285 g/mol. The van der Waals surface area contributed by atoms with E-state index < -0.39 is 0 Å². The first-order chi connectivity index (χ1) is 7.54. The van der Waals surface area contributed by atoms with E-state index in [0.717, 1.165) is 18.4 Å². The number of aryl methyl sites for hydroxylation is 1. The molecule has 0 fully saturated rings. The summed E-state index contributed by atoms with van der Waals surface area (Å²) in [6.45, 7) is 4.30. The Kier molecular flexibility index (Phi) is 5.29. The van der Waals surface area contributed by atoms with Crippen LogP contribution in [-0.2, 0) is 5.33 Å². The van der Waals surface area contributed by atoms with Crippen molar-refractivity contribution in [1.82, 2.24) is 4.90 Å². The van der Waals surface area contributed by atoms with Crippen LogP contribution in [0.15, 0.2) is 18.2 Å². The number of rotatable bonds is 5. The van der Waals surface area contributed by atoms with Crippen LogP contribution in [0.3, 0.4) is 0 Å². The number of hydrogen-bond acceptors (Lipinski definition) is 2. The van der Waals surface area contributed by atoms with Crippen molar-refractivity contribution in [2.45, 2.75) is 12.3 Å². The van der Waals surface area contributed by atoms with Crippen LogP contribution in [0.5, 0.6) is 0 Å². The zero-order valence-electron chi connectivity index (χ0n) is 10.6. The molecule has 0 bridgehead atoms. The summed E-state index contributed by atoms with van der Waals surface area (Å²) in [5.74, 6) is 0. The number of benzene rings is 1. The molecule has 0 spiro atoms. The van der Waals surface area contributed by atoms with Gasteiger partial charge in [-0.3, -0.25) is 0 Å². The SMILES string of the molecule is Cc1cc(N(C)CCN(C)C)ccc1CBr. The average Bonchev–Trinajstić information content (AvgIpc) is 2.25. The molecule has 3 heteroatoms. The first kappa shape index (κ1) is 13.5. The second-order valence-corrected chi connectivity index (χ2v) is 5.03. The van der Waals surface area contributed by atoms with E-state index in [-0.39, 0.29) is 0 Å². The summed E-state index contributed by atoms with van der Waals surface area (Å²) in [6, 6.07) is 6.65. The zero-order chi connectivity index (χ0) is 12.1. The third-order valence-corrected chi connectivity index (χ3v) is 3.40. The Labute approximate surface area is 107 Å². The van der Waals surface area contributed by atoms with Crippen molar-refractivity contribution in [3.8, 4) is 0 Å². The molecule has 0 N–H and O–H groups in total. The van der Waals surface area contributed by atoms with Gasteiger partial charge in [-0.05, 0) is 44.3 Å². The topological polar surface area (TPSA) is 6.48 Å². The van der Waals surface area contributed by atoms with Crippen molar-refractivity contribution >= 4 is 21.6 Å². The van der Waals surface area contributed by atoms with Crippen LogP contribution in [0.4, 0.5) is 5.69 Å². The zero-order valence-corrected chi connectivity index (χ0v) is 12.2. The fraction of sp³-hybridized carbons (Fsp3) is 0.538. The monoisotopic (exact) mass is 284 g/mol. The smallest absolute Gasteiger partial charge is 0.0366 e. The van der Waals surface area contributed by atoms with Crippen molar-refractivity contribution in [1.29, 1.82) is 0 Å². The Balaban J connectivity index is 2.69. The molecule has 1 rings (SSSR count). The highest BCUT2D eigenvalue weighted by molar-refractivity contribution is 9.08. The number of halogens is 1. The van der Waals surface area contributed by atoms with Gasteiger partial charge in [0, 0.05) is 31.2 Å². The van der Waals surface area contributed by atoms with Crippen molar-refractivity contribution in [3.63, 3.8) is 0 Å².